The van der Waals surface area contributed by atoms with Crippen molar-refractivity contribution < 1.29 is 4.74 Å². The number of morpholine rings is 1. The number of imidazole rings is 1. The number of nitrogens with zero attached hydrogens (tertiary/aromatic N) is 7. The van der Waals surface area contributed by atoms with Gasteiger partial charge >= 0.3 is 0 Å². The summed E-state index contributed by atoms with van der Waals surface area (Å²) in [5, 5.41) is 9.71. The average Bonchev–Trinajstić information content (AvgIpc) is 3.15. The molecule has 3 aromatic heterocycles. The van der Waals surface area contributed by atoms with Gasteiger partial charge in [0.2, 0.25) is 10.1 Å². The molecule has 3 aromatic rings. The van der Waals surface area contributed by atoms with Gasteiger partial charge in [-0.2, -0.15) is 5.10 Å². The standard InChI is InChI=1S/C12H15N7OS/c1-9-4-19-11(15-9)21-12(16-19)17-2-3-20-10(5-17)6-18-8-13-7-14-18/h4,7-8,10H,2-3,5-6H2,1H3. The lowest BCUT2D eigenvalue weighted by Gasteiger charge is -2.32. The fourth-order valence-corrected chi connectivity index (χ4v) is 3.43. The number of hydrogen-bond donors (Lipinski definition) is 0. The number of ether oxygens (including phenoxy) is 1. The van der Waals surface area contributed by atoms with Gasteiger partial charge in [0.25, 0.3) is 0 Å². The minimum Gasteiger partial charge on any atom is -0.373 e. The van der Waals surface area contributed by atoms with Crippen molar-refractivity contribution in [3.05, 3.63) is 24.5 Å². The van der Waals surface area contributed by atoms with Gasteiger partial charge in [0, 0.05) is 13.1 Å². The maximum Gasteiger partial charge on any atom is 0.214 e. The molecule has 0 amide bonds. The van der Waals surface area contributed by atoms with Crippen LogP contribution in [0.15, 0.2) is 18.9 Å². The van der Waals surface area contributed by atoms with Crippen LogP contribution in [0.25, 0.3) is 4.96 Å². The van der Waals surface area contributed by atoms with E-state index in [9.17, 15) is 0 Å². The largest absolute Gasteiger partial charge is 0.373 e. The number of fused-ring (bicyclic) bond motifs is 1. The van der Waals surface area contributed by atoms with Crippen LogP contribution in [-0.4, -0.2) is 55.2 Å². The van der Waals surface area contributed by atoms with E-state index in [4.69, 9.17) is 4.74 Å². The molecule has 4 rings (SSSR count). The second-order valence-electron chi connectivity index (χ2n) is 5.05. The Morgan fingerprint density at radius 3 is 3.24 bits per heavy atom. The summed E-state index contributed by atoms with van der Waals surface area (Å²) in [6, 6.07) is 0. The topological polar surface area (TPSA) is 73.4 Å². The van der Waals surface area contributed by atoms with Crippen molar-refractivity contribution in [1.29, 1.82) is 0 Å². The van der Waals surface area contributed by atoms with Crippen molar-refractivity contribution in [2.24, 2.45) is 0 Å². The molecule has 0 spiro atoms. The van der Waals surface area contributed by atoms with Crippen molar-refractivity contribution in [3.63, 3.8) is 0 Å². The van der Waals surface area contributed by atoms with Gasteiger partial charge in [0.1, 0.15) is 12.7 Å². The first-order chi connectivity index (χ1) is 10.3. The smallest absolute Gasteiger partial charge is 0.214 e. The molecule has 0 saturated carbocycles. The summed E-state index contributed by atoms with van der Waals surface area (Å²) in [4.78, 5) is 11.6. The monoisotopic (exact) mass is 305 g/mol. The van der Waals surface area contributed by atoms with E-state index in [0.717, 1.165) is 28.9 Å². The number of anilines is 1. The first-order valence-corrected chi connectivity index (χ1v) is 7.61. The highest BCUT2D eigenvalue weighted by atomic mass is 32.1. The van der Waals surface area contributed by atoms with Gasteiger partial charge in [0.05, 0.1) is 31.1 Å². The van der Waals surface area contributed by atoms with E-state index in [-0.39, 0.29) is 6.10 Å². The Kier molecular flexibility index (Phi) is 3.08. The lowest BCUT2D eigenvalue weighted by atomic mass is 10.3. The molecule has 1 aliphatic heterocycles. The molecule has 1 saturated heterocycles. The van der Waals surface area contributed by atoms with Crippen molar-refractivity contribution in [3.8, 4) is 0 Å². The van der Waals surface area contributed by atoms with E-state index in [2.05, 4.69) is 25.1 Å². The number of rotatable bonds is 3. The molecule has 8 nitrogen and oxygen atoms in total. The highest BCUT2D eigenvalue weighted by Gasteiger charge is 2.24. The van der Waals surface area contributed by atoms with E-state index in [1.165, 1.54) is 0 Å². The Labute approximate surface area is 125 Å². The van der Waals surface area contributed by atoms with Crippen molar-refractivity contribution in [2.75, 3.05) is 24.6 Å². The van der Waals surface area contributed by atoms with E-state index in [1.54, 1.807) is 28.7 Å². The molecule has 1 unspecified atom stereocenters. The maximum atomic E-state index is 5.80. The minimum absolute atomic E-state index is 0.0957. The van der Waals surface area contributed by atoms with Gasteiger partial charge in [-0.3, -0.25) is 4.68 Å². The summed E-state index contributed by atoms with van der Waals surface area (Å²) in [6.45, 7) is 5.03. The fourth-order valence-electron chi connectivity index (χ4n) is 2.47. The minimum atomic E-state index is 0.0957. The molecule has 1 atom stereocenters. The first kappa shape index (κ1) is 12.7. The number of aryl methyl sites for hydroxylation is 1. The zero-order chi connectivity index (χ0) is 14.2. The van der Waals surface area contributed by atoms with Crippen LogP contribution in [0.2, 0.25) is 0 Å². The number of hydrogen-bond acceptors (Lipinski definition) is 7. The Morgan fingerprint density at radius 2 is 2.43 bits per heavy atom. The van der Waals surface area contributed by atoms with Gasteiger partial charge in [-0.15, -0.1) is 5.10 Å². The normalized spacial score (nSPS) is 19.5. The third-order valence-corrected chi connectivity index (χ3v) is 4.40. The number of aromatic nitrogens is 6. The molecule has 0 aliphatic carbocycles. The summed E-state index contributed by atoms with van der Waals surface area (Å²) < 4.78 is 9.44. The summed E-state index contributed by atoms with van der Waals surface area (Å²) in [6.07, 6.45) is 5.29. The third kappa shape index (κ3) is 2.49. The first-order valence-electron chi connectivity index (χ1n) is 6.80. The Bertz CT molecular complexity index is 703. The molecule has 4 heterocycles. The van der Waals surface area contributed by atoms with Crippen LogP contribution >= 0.6 is 11.3 Å². The molecule has 1 aliphatic rings. The quantitative estimate of drug-likeness (QED) is 0.705. The van der Waals surface area contributed by atoms with Crippen molar-refractivity contribution in [1.82, 2.24) is 29.4 Å². The summed E-state index contributed by atoms with van der Waals surface area (Å²) in [5.41, 5.74) is 0.992. The zero-order valence-corrected chi connectivity index (χ0v) is 12.4. The van der Waals surface area contributed by atoms with Crippen molar-refractivity contribution >= 4 is 21.4 Å². The molecule has 0 radical (unpaired) electrons. The lowest BCUT2D eigenvalue weighted by Crippen LogP contribution is -2.44. The van der Waals surface area contributed by atoms with Gasteiger partial charge in [0.15, 0.2) is 0 Å². The molecule has 0 bridgehead atoms. The summed E-state index contributed by atoms with van der Waals surface area (Å²) in [5.74, 6) is 0. The molecular formula is C12H15N7OS. The van der Waals surface area contributed by atoms with Crippen LogP contribution in [0.5, 0.6) is 0 Å². The SMILES string of the molecule is Cc1cn2nc(N3CCOC(Cn4cncn4)C3)sc2n1. The van der Waals surface area contributed by atoms with E-state index >= 15 is 0 Å². The summed E-state index contributed by atoms with van der Waals surface area (Å²) in [7, 11) is 0. The highest BCUT2D eigenvalue weighted by molar-refractivity contribution is 7.20. The highest BCUT2D eigenvalue weighted by Crippen LogP contribution is 2.25. The molecule has 0 N–H and O–H groups in total. The van der Waals surface area contributed by atoms with Crippen LogP contribution in [0, 0.1) is 6.92 Å². The van der Waals surface area contributed by atoms with Gasteiger partial charge in [-0.1, -0.05) is 11.3 Å². The van der Waals surface area contributed by atoms with Crippen LogP contribution in [0.4, 0.5) is 5.13 Å². The van der Waals surface area contributed by atoms with Crippen molar-refractivity contribution in [2.45, 2.75) is 19.6 Å². The second-order valence-corrected chi connectivity index (χ2v) is 5.98. The molecule has 0 aromatic carbocycles. The average molecular weight is 305 g/mol. The van der Waals surface area contributed by atoms with E-state index < -0.39 is 0 Å². The van der Waals surface area contributed by atoms with Gasteiger partial charge in [-0.05, 0) is 6.92 Å². The molecule has 110 valence electrons. The molecular weight excluding hydrogens is 290 g/mol. The molecule has 21 heavy (non-hydrogen) atoms. The predicted molar refractivity (Wildman–Crippen MR) is 77.6 cm³/mol. The molecule has 9 heteroatoms. The van der Waals surface area contributed by atoms with E-state index in [1.807, 2.05) is 17.6 Å². The van der Waals surface area contributed by atoms with Crippen LogP contribution < -0.4 is 4.90 Å². The van der Waals surface area contributed by atoms with Crippen LogP contribution in [-0.2, 0) is 11.3 Å². The molecule has 1 fully saturated rings. The Morgan fingerprint density at radius 1 is 1.48 bits per heavy atom. The lowest BCUT2D eigenvalue weighted by molar-refractivity contribution is 0.0273. The maximum absolute atomic E-state index is 5.80. The van der Waals surface area contributed by atoms with Crippen LogP contribution in [0.1, 0.15) is 5.69 Å². The Hall–Kier alpha value is -2.00. The fraction of sp³-hybridized carbons (Fsp3) is 0.500. The van der Waals surface area contributed by atoms with E-state index in [0.29, 0.717) is 13.2 Å². The Balaban J connectivity index is 1.50. The second kappa shape index (κ2) is 5.08. The van der Waals surface area contributed by atoms with Gasteiger partial charge < -0.3 is 9.64 Å². The third-order valence-electron chi connectivity index (χ3n) is 3.42. The zero-order valence-electron chi connectivity index (χ0n) is 11.6. The van der Waals surface area contributed by atoms with Crippen LogP contribution in [0.3, 0.4) is 0 Å². The van der Waals surface area contributed by atoms with Gasteiger partial charge in [-0.25, -0.2) is 14.5 Å². The predicted octanol–water partition coefficient (Wildman–Crippen LogP) is 0.596. The summed E-state index contributed by atoms with van der Waals surface area (Å²) >= 11 is 1.61.